The molecule has 0 spiro atoms. The maximum Gasteiger partial charge on any atom is 0.250 e. The van der Waals surface area contributed by atoms with Gasteiger partial charge in [0.25, 0.3) is 0 Å². The lowest BCUT2D eigenvalue weighted by Gasteiger charge is -2.26. The smallest absolute Gasteiger partial charge is 0.250 e. The molecule has 2 rings (SSSR count). The standard InChI is InChI=1S/C18H26Cl2N2O2.ClH/c19-14-7-4-8-15(20)13(14)9-10-22-18(24)17(23)16(21)11-12-5-2-1-3-6-12;/h4,7-8,12,16-17,23H,1-3,5-6,9-11,21H2,(H,22,24);1H/t16-,17?;/m1./s1. The predicted octanol–water partition coefficient (Wildman–Crippen LogP) is 3.73. The molecule has 25 heavy (non-hydrogen) atoms. The van der Waals surface area contributed by atoms with E-state index in [0.717, 1.165) is 18.4 Å². The van der Waals surface area contributed by atoms with Crippen molar-refractivity contribution in [1.82, 2.24) is 5.32 Å². The number of rotatable bonds is 7. The quantitative estimate of drug-likeness (QED) is 0.642. The molecular weight excluding hydrogens is 383 g/mol. The highest BCUT2D eigenvalue weighted by atomic mass is 35.5. The lowest BCUT2D eigenvalue weighted by atomic mass is 9.84. The molecule has 0 saturated heterocycles. The normalized spacial score (nSPS) is 17.4. The number of hydrogen-bond acceptors (Lipinski definition) is 3. The topological polar surface area (TPSA) is 75.3 Å². The zero-order valence-electron chi connectivity index (χ0n) is 14.2. The SMILES string of the molecule is Cl.N[C@H](CC1CCCCC1)C(O)C(=O)NCCc1c(Cl)cccc1Cl. The summed E-state index contributed by atoms with van der Waals surface area (Å²) in [5.74, 6) is 0.0969. The van der Waals surface area contributed by atoms with Gasteiger partial charge in [-0.15, -0.1) is 12.4 Å². The molecule has 0 aliphatic heterocycles. The van der Waals surface area contributed by atoms with E-state index in [1.54, 1.807) is 18.2 Å². The molecule has 1 aromatic carbocycles. The van der Waals surface area contributed by atoms with Crippen molar-refractivity contribution in [2.45, 2.75) is 57.1 Å². The van der Waals surface area contributed by atoms with Crippen LogP contribution in [0.25, 0.3) is 0 Å². The predicted molar refractivity (Wildman–Crippen MR) is 106 cm³/mol. The van der Waals surface area contributed by atoms with Crippen LogP contribution >= 0.6 is 35.6 Å². The van der Waals surface area contributed by atoms with E-state index in [0.29, 0.717) is 35.3 Å². The van der Waals surface area contributed by atoms with E-state index < -0.39 is 18.1 Å². The summed E-state index contributed by atoms with van der Waals surface area (Å²) in [6.07, 6.45) is 6.05. The Kier molecular flexibility index (Phi) is 10.1. The number of nitrogens with two attached hydrogens (primary N) is 1. The fraction of sp³-hybridized carbons (Fsp3) is 0.611. The van der Waals surface area contributed by atoms with Crippen LogP contribution in [-0.4, -0.2) is 29.7 Å². The summed E-state index contributed by atoms with van der Waals surface area (Å²) in [5.41, 5.74) is 6.82. The number of carbonyl (C=O) groups excluding carboxylic acids is 1. The molecule has 4 nitrogen and oxygen atoms in total. The zero-order valence-corrected chi connectivity index (χ0v) is 16.5. The highest BCUT2D eigenvalue weighted by Gasteiger charge is 2.26. The second kappa shape index (κ2) is 11.2. The highest BCUT2D eigenvalue weighted by Crippen LogP contribution is 2.27. The van der Waals surface area contributed by atoms with Crippen molar-refractivity contribution in [1.29, 1.82) is 0 Å². The number of nitrogens with one attached hydrogen (secondary N) is 1. The number of carbonyl (C=O) groups is 1. The molecule has 1 fully saturated rings. The summed E-state index contributed by atoms with van der Waals surface area (Å²) in [6, 6.07) is 4.79. The third kappa shape index (κ3) is 6.95. The molecule has 0 aromatic heterocycles. The monoisotopic (exact) mass is 408 g/mol. The van der Waals surface area contributed by atoms with Gasteiger partial charge in [-0.1, -0.05) is 61.4 Å². The Morgan fingerprint density at radius 3 is 2.44 bits per heavy atom. The molecule has 2 atom stereocenters. The fourth-order valence-corrected chi connectivity index (χ4v) is 3.90. The molecule has 142 valence electrons. The Labute approximate surface area is 165 Å². The number of hydrogen-bond donors (Lipinski definition) is 3. The van der Waals surface area contributed by atoms with Gasteiger partial charge in [0, 0.05) is 22.6 Å². The van der Waals surface area contributed by atoms with Crippen molar-refractivity contribution < 1.29 is 9.90 Å². The summed E-state index contributed by atoms with van der Waals surface area (Å²) in [6.45, 7) is 0.357. The molecule has 0 bridgehead atoms. The van der Waals surface area contributed by atoms with Crippen LogP contribution in [0.3, 0.4) is 0 Å². The van der Waals surface area contributed by atoms with Gasteiger partial charge < -0.3 is 16.2 Å². The third-order valence-corrected chi connectivity index (χ3v) is 5.45. The molecule has 1 aliphatic carbocycles. The summed E-state index contributed by atoms with van der Waals surface area (Å²) in [7, 11) is 0. The van der Waals surface area contributed by atoms with Gasteiger partial charge in [-0.2, -0.15) is 0 Å². The van der Waals surface area contributed by atoms with Crippen molar-refractivity contribution in [3.8, 4) is 0 Å². The Hall–Kier alpha value is -0.520. The van der Waals surface area contributed by atoms with Crippen molar-refractivity contribution in [3.05, 3.63) is 33.8 Å². The minimum Gasteiger partial charge on any atom is -0.382 e. The Morgan fingerprint density at radius 2 is 1.84 bits per heavy atom. The number of aliphatic hydroxyl groups is 1. The van der Waals surface area contributed by atoms with Crippen LogP contribution in [0, 0.1) is 5.92 Å². The van der Waals surface area contributed by atoms with Crippen molar-refractivity contribution >= 4 is 41.5 Å². The van der Waals surface area contributed by atoms with Gasteiger partial charge in [0.2, 0.25) is 5.91 Å². The Balaban J connectivity index is 0.00000312. The van der Waals surface area contributed by atoms with Crippen LogP contribution in [0.5, 0.6) is 0 Å². The lowest BCUT2D eigenvalue weighted by molar-refractivity contribution is -0.130. The van der Waals surface area contributed by atoms with Crippen molar-refractivity contribution in [2.24, 2.45) is 11.7 Å². The largest absolute Gasteiger partial charge is 0.382 e. The Bertz CT molecular complexity index is 531. The van der Waals surface area contributed by atoms with Crippen LogP contribution < -0.4 is 11.1 Å². The molecule has 4 N–H and O–H groups in total. The Morgan fingerprint density at radius 1 is 1.24 bits per heavy atom. The van der Waals surface area contributed by atoms with E-state index in [1.165, 1.54) is 19.3 Å². The third-order valence-electron chi connectivity index (χ3n) is 4.74. The van der Waals surface area contributed by atoms with Crippen LogP contribution in [0.15, 0.2) is 18.2 Å². The number of amides is 1. The van der Waals surface area contributed by atoms with E-state index in [4.69, 9.17) is 28.9 Å². The van der Waals surface area contributed by atoms with E-state index >= 15 is 0 Å². The second-order valence-electron chi connectivity index (χ2n) is 6.59. The second-order valence-corrected chi connectivity index (χ2v) is 7.40. The minimum absolute atomic E-state index is 0. The molecule has 0 heterocycles. The van der Waals surface area contributed by atoms with Crippen LogP contribution in [-0.2, 0) is 11.2 Å². The van der Waals surface area contributed by atoms with Gasteiger partial charge in [-0.3, -0.25) is 4.79 Å². The van der Waals surface area contributed by atoms with Crippen molar-refractivity contribution in [3.63, 3.8) is 0 Å². The number of aliphatic hydroxyl groups excluding tert-OH is 1. The van der Waals surface area contributed by atoms with Gasteiger partial charge in [0.05, 0.1) is 0 Å². The maximum absolute atomic E-state index is 12.1. The molecule has 0 radical (unpaired) electrons. The fourth-order valence-electron chi connectivity index (χ4n) is 3.32. The zero-order chi connectivity index (χ0) is 17.5. The molecule has 1 saturated carbocycles. The van der Waals surface area contributed by atoms with Gasteiger partial charge in [-0.05, 0) is 36.5 Å². The first kappa shape index (κ1) is 22.5. The average Bonchev–Trinajstić information content (AvgIpc) is 2.57. The number of halogens is 3. The van der Waals surface area contributed by atoms with E-state index in [-0.39, 0.29) is 12.4 Å². The average molecular weight is 410 g/mol. The van der Waals surface area contributed by atoms with Gasteiger partial charge >= 0.3 is 0 Å². The first-order valence-electron chi connectivity index (χ1n) is 8.63. The molecule has 1 aromatic rings. The summed E-state index contributed by atoms with van der Waals surface area (Å²) >= 11 is 12.2. The molecule has 1 aliphatic rings. The van der Waals surface area contributed by atoms with E-state index in [9.17, 15) is 9.90 Å². The van der Waals surface area contributed by atoms with Gasteiger partial charge in [0.1, 0.15) is 6.10 Å². The van der Waals surface area contributed by atoms with Crippen LogP contribution in [0.4, 0.5) is 0 Å². The molecular formula is C18H27Cl3N2O2. The lowest BCUT2D eigenvalue weighted by Crippen LogP contribution is -2.47. The van der Waals surface area contributed by atoms with Crippen LogP contribution in [0.2, 0.25) is 10.0 Å². The van der Waals surface area contributed by atoms with Gasteiger partial charge in [0.15, 0.2) is 0 Å². The first-order chi connectivity index (χ1) is 11.5. The van der Waals surface area contributed by atoms with E-state index in [2.05, 4.69) is 5.32 Å². The molecule has 7 heteroatoms. The van der Waals surface area contributed by atoms with Crippen LogP contribution in [0.1, 0.15) is 44.1 Å². The number of benzene rings is 1. The van der Waals surface area contributed by atoms with Gasteiger partial charge in [-0.25, -0.2) is 0 Å². The first-order valence-corrected chi connectivity index (χ1v) is 9.39. The summed E-state index contributed by atoms with van der Waals surface area (Å²) < 4.78 is 0. The summed E-state index contributed by atoms with van der Waals surface area (Å²) in [5, 5.41) is 14.0. The highest BCUT2D eigenvalue weighted by molar-refractivity contribution is 6.35. The minimum atomic E-state index is -1.17. The summed E-state index contributed by atoms with van der Waals surface area (Å²) in [4.78, 5) is 12.1. The van der Waals surface area contributed by atoms with E-state index in [1.807, 2.05) is 0 Å². The van der Waals surface area contributed by atoms with Crippen molar-refractivity contribution in [2.75, 3.05) is 6.54 Å². The molecule has 1 amide bonds. The molecule has 1 unspecified atom stereocenters. The maximum atomic E-state index is 12.1.